The number of rotatable bonds is 10. The highest BCUT2D eigenvalue weighted by atomic mass is 32.2. The highest BCUT2D eigenvalue weighted by molar-refractivity contribution is 7.89. The van der Waals surface area contributed by atoms with Crippen LogP contribution in [-0.2, 0) is 10.0 Å². The van der Waals surface area contributed by atoms with Crippen molar-refractivity contribution in [2.75, 3.05) is 18.4 Å². The normalized spacial score (nSPS) is 11.9. The van der Waals surface area contributed by atoms with E-state index in [4.69, 9.17) is 0 Å². The lowest BCUT2D eigenvalue weighted by atomic mass is 10.2. The van der Waals surface area contributed by atoms with E-state index >= 15 is 0 Å². The van der Waals surface area contributed by atoms with Crippen LogP contribution in [0.1, 0.15) is 36.8 Å². The van der Waals surface area contributed by atoms with Crippen molar-refractivity contribution >= 4 is 32.5 Å². The van der Waals surface area contributed by atoms with Crippen LogP contribution < -0.4 is 10.0 Å². The standard InChI is InChI=1S/C18H25N5O2S2/c1-14-7-8-15(2)16(13-14)27(24,25)21-10-6-4-3-5-9-19-17-22-26-18-20-11-12-23(17)18/h7-8,11-13,21H,3-6,9-10H2,1-2H3,(H,19,22). The minimum Gasteiger partial charge on any atom is -0.355 e. The molecule has 0 spiro atoms. The van der Waals surface area contributed by atoms with Gasteiger partial charge in [0.25, 0.3) is 0 Å². The lowest BCUT2D eigenvalue weighted by molar-refractivity contribution is 0.572. The molecule has 0 aliphatic carbocycles. The Hall–Kier alpha value is -1.97. The average molecular weight is 408 g/mol. The molecule has 2 heterocycles. The van der Waals surface area contributed by atoms with Crippen LogP contribution in [0.15, 0.2) is 35.5 Å². The minimum absolute atomic E-state index is 0.376. The van der Waals surface area contributed by atoms with E-state index in [9.17, 15) is 8.42 Å². The molecule has 9 heteroatoms. The Balaban J connectivity index is 1.33. The van der Waals surface area contributed by atoms with Gasteiger partial charge in [-0.05, 0) is 43.9 Å². The molecule has 2 N–H and O–H groups in total. The number of sulfonamides is 1. The number of imidazole rings is 1. The maximum absolute atomic E-state index is 12.4. The number of hydrogen-bond donors (Lipinski definition) is 2. The summed E-state index contributed by atoms with van der Waals surface area (Å²) in [6.07, 6.45) is 7.51. The summed E-state index contributed by atoms with van der Waals surface area (Å²) < 4.78 is 33.8. The van der Waals surface area contributed by atoms with Crippen molar-refractivity contribution < 1.29 is 8.42 Å². The van der Waals surface area contributed by atoms with Crippen LogP contribution >= 0.6 is 11.5 Å². The summed E-state index contributed by atoms with van der Waals surface area (Å²) in [5.41, 5.74) is 1.72. The number of anilines is 1. The Kier molecular flexibility index (Phi) is 6.46. The first-order valence-corrected chi connectivity index (χ1v) is 11.3. The van der Waals surface area contributed by atoms with Gasteiger partial charge in [-0.2, -0.15) is 4.37 Å². The molecule has 146 valence electrons. The molecule has 0 saturated carbocycles. The third-order valence-electron chi connectivity index (χ3n) is 4.36. The van der Waals surface area contributed by atoms with Gasteiger partial charge in [-0.15, -0.1) is 0 Å². The highest BCUT2D eigenvalue weighted by Crippen LogP contribution is 2.17. The first-order chi connectivity index (χ1) is 13.0. The summed E-state index contributed by atoms with van der Waals surface area (Å²) in [7, 11) is -3.43. The molecule has 0 amide bonds. The zero-order valence-electron chi connectivity index (χ0n) is 15.6. The summed E-state index contributed by atoms with van der Waals surface area (Å²) in [4.78, 5) is 5.45. The van der Waals surface area contributed by atoms with E-state index in [1.165, 1.54) is 11.5 Å². The van der Waals surface area contributed by atoms with E-state index in [2.05, 4.69) is 19.4 Å². The van der Waals surface area contributed by atoms with Crippen molar-refractivity contribution in [1.29, 1.82) is 0 Å². The predicted molar refractivity (Wildman–Crippen MR) is 109 cm³/mol. The van der Waals surface area contributed by atoms with Gasteiger partial charge in [0, 0.05) is 37.0 Å². The van der Waals surface area contributed by atoms with Gasteiger partial charge < -0.3 is 5.32 Å². The molecule has 0 radical (unpaired) electrons. The number of nitrogens with one attached hydrogen (secondary N) is 2. The zero-order chi connectivity index (χ0) is 19.3. The van der Waals surface area contributed by atoms with Crippen molar-refractivity contribution in [2.24, 2.45) is 0 Å². The molecule has 0 saturated heterocycles. The Bertz CT molecular complexity index is 994. The quantitative estimate of drug-likeness (QED) is 0.503. The van der Waals surface area contributed by atoms with Crippen molar-refractivity contribution in [1.82, 2.24) is 18.5 Å². The summed E-state index contributed by atoms with van der Waals surface area (Å²) in [6, 6.07) is 5.49. The van der Waals surface area contributed by atoms with Crippen molar-refractivity contribution in [3.63, 3.8) is 0 Å². The van der Waals surface area contributed by atoms with Crippen LogP contribution in [-0.4, -0.2) is 35.3 Å². The summed E-state index contributed by atoms with van der Waals surface area (Å²) in [5.74, 6) is 0.828. The second-order valence-electron chi connectivity index (χ2n) is 6.59. The number of hydrogen-bond acceptors (Lipinski definition) is 6. The fourth-order valence-corrected chi connectivity index (χ4v) is 4.91. The van der Waals surface area contributed by atoms with Gasteiger partial charge in [0.05, 0.1) is 4.90 Å². The minimum atomic E-state index is -3.43. The maximum Gasteiger partial charge on any atom is 0.240 e. The van der Waals surface area contributed by atoms with Gasteiger partial charge in [-0.25, -0.2) is 18.1 Å². The first-order valence-electron chi connectivity index (χ1n) is 9.07. The van der Waals surface area contributed by atoms with E-state index in [0.29, 0.717) is 11.4 Å². The molecular weight excluding hydrogens is 382 g/mol. The monoisotopic (exact) mass is 407 g/mol. The molecule has 1 aromatic carbocycles. The number of benzene rings is 1. The average Bonchev–Trinajstić information content (AvgIpc) is 3.23. The number of nitrogens with zero attached hydrogens (tertiary/aromatic N) is 3. The molecule has 0 aliphatic rings. The van der Waals surface area contributed by atoms with Gasteiger partial charge in [0.15, 0.2) is 0 Å². The van der Waals surface area contributed by atoms with Gasteiger partial charge in [0.1, 0.15) is 0 Å². The molecule has 2 aromatic heterocycles. The number of fused-ring (bicyclic) bond motifs is 1. The lowest BCUT2D eigenvalue weighted by Gasteiger charge is -2.10. The van der Waals surface area contributed by atoms with Gasteiger partial charge in [-0.1, -0.05) is 25.0 Å². The van der Waals surface area contributed by atoms with Crippen LogP contribution in [0.4, 0.5) is 5.95 Å². The van der Waals surface area contributed by atoms with Gasteiger partial charge >= 0.3 is 0 Å². The highest BCUT2D eigenvalue weighted by Gasteiger charge is 2.16. The SMILES string of the molecule is Cc1ccc(C)c(S(=O)(=O)NCCCCCCNc2nsc3nccn23)c1. The Morgan fingerprint density at radius 3 is 2.70 bits per heavy atom. The molecule has 3 aromatic rings. The zero-order valence-corrected chi connectivity index (χ0v) is 17.2. The van der Waals surface area contributed by atoms with Crippen LogP contribution in [0.5, 0.6) is 0 Å². The summed E-state index contributed by atoms with van der Waals surface area (Å²) >= 11 is 1.37. The van der Waals surface area contributed by atoms with E-state index in [1.54, 1.807) is 12.3 Å². The number of aromatic nitrogens is 3. The van der Waals surface area contributed by atoms with E-state index in [1.807, 2.05) is 36.6 Å². The van der Waals surface area contributed by atoms with Crippen molar-refractivity contribution in [2.45, 2.75) is 44.4 Å². The van der Waals surface area contributed by atoms with Crippen molar-refractivity contribution in [3.8, 4) is 0 Å². The molecule has 0 fully saturated rings. The van der Waals surface area contributed by atoms with Gasteiger partial charge in [0.2, 0.25) is 20.9 Å². The second-order valence-corrected chi connectivity index (χ2v) is 9.06. The fraction of sp³-hybridized carbons (Fsp3) is 0.444. The van der Waals surface area contributed by atoms with E-state index in [-0.39, 0.29) is 0 Å². The molecule has 3 rings (SSSR count). The molecule has 7 nitrogen and oxygen atoms in total. The lowest BCUT2D eigenvalue weighted by Crippen LogP contribution is -2.25. The smallest absolute Gasteiger partial charge is 0.240 e. The third-order valence-corrected chi connectivity index (χ3v) is 6.69. The van der Waals surface area contributed by atoms with Crippen LogP contribution in [0.2, 0.25) is 0 Å². The summed E-state index contributed by atoms with van der Waals surface area (Å²) in [5, 5.41) is 3.31. The second kappa shape index (κ2) is 8.81. The Morgan fingerprint density at radius 1 is 1.11 bits per heavy atom. The van der Waals surface area contributed by atoms with Crippen molar-refractivity contribution in [3.05, 3.63) is 41.7 Å². The van der Waals surface area contributed by atoms with Crippen LogP contribution in [0, 0.1) is 13.8 Å². The predicted octanol–water partition coefficient (Wildman–Crippen LogP) is 3.36. The molecule has 0 aliphatic heterocycles. The van der Waals surface area contributed by atoms with Gasteiger partial charge in [-0.3, -0.25) is 4.40 Å². The molecule has 27 heavy (non-hydrogen) atoms. The number of unbranched alkanes of at least 4 members (excludes halogenated alkanes) is 3. The topological polar surface area (TPSA) is 88.4 Å². The van der Waals surface area contributed by atoms with E-state index in [0.717, 1.165) is 54.3 Å². The molecule has 0 bridgehead atoms. The van der Waals surface area contributed by atoms with E-state index < -0.39 is 10.0 Å². The largest absolute Gasteiger partial charge is 0.355 e. The maximum atomic E-state index is 12.4. The third kappa shape index (κ3) is 5.06. The first kappa shape index (κ1) is 19.8. The number of aryl methyl sites for hydroxylation is 2. The summed E-state index contributed by atoms with van der Waals surface area (Å²) in [6.45, 7) is 5.02. The van der Waals surface area contributed by atoms with Crippen LogP contribution in [0.25, 0.3) is 4.96 Å². The molecular formula is C18H25N5O2S2. The van der Waals surface area contributed by atoms with Crippen LogP contribution in [0.3, 0.4) is 0 Å². The Morgan fingerprint density at radius 2 is 1.89 bits per heavy atom. The fourth-order valence-electron chi connectivity index (χ4n) is 2.85. The Labute approximate surface area is 164 Å². The molecule has 0 atom stereocenters. The molecule has 0 unspecified atom stereocenters.